The monoisotopic (exact) mass is 499 g/mol. The third-order valence-corrected chi connectivity index (χ3v) is 6.51. The highest BCUT2D eigenvalue weighted by molar-refractivity contribution is 6.05. The van der Waals surface area contributed by atoms with Gasteiger partial charge in [-0.15, -0.1) is 0 Å². The van der Waals surface area contributed by atoms with Gasteiger partial charge in [0, 0.05) is 56.0 Å². The van der Waals surface area contributed by atoms with E-state index in [1.165, 1.54) is 6.26 Å². The first-order valence-electron chi connectivity index (χ1n) is 12.3. The molecule has 190 valence electrons. The number of aliphatic hydroxyl groups is 1. The van der Waals surface area contributed by atoms with Crippen molar-refractivity contribution in [2.24, 2.45) is 0 Å². The van der Waals surface area contributed by atoms with E-state index >= 15 is 0 Å². The maximum Gasteiger partial charge on any atom is 0.291 e. The molecule has 1 aliphatic rings. The molecule has 9 nitrogen and oxygen atoms in total. The van der Waals surface area contributed by atoms with Crippen molar-refractivity contribution in [1.82, 2.24) is 20.0 Å². The summed E-state index contributed by atoms with van der Waals surface area (Å²) in [6.45, 7) is 3.77. The third-order valence-electron chi connectivity index (χ3n) is 6.51. The van der Waals surface area contributed by atoms with E-state index in [1.807, 2.05) is 47.4 Å². The average molecular weight is 500 g/mol. The molecule has 2 aromatic heterocycles. The Morgan fingerprint density at radius 3 is 2.68 bits per heavy atom. The van der Waals surface area contributed by atoms with Crippen molar-refractivity contribution in [3.8, 4) is 0 Å². The Morgan fingerprint density at radius 1 is 1.05 bits per heavy atom. The summed E-state index contributed by atoms with van der Waals surface area (Å²) in [5.74, 6) is -0.292. The number of amides is 2. The molecule has 0 bridgehead atoms. The molecule has 0 spiro atoms. The Labute approximate surface area is 214 Å². The van der Waals surface area contributed by atoms with Gasteiger partial charge in [-0.3, -0.25) is 19.6 Å². The van der Waals surface area contributed by atoms with Gasteiger partial charge in [0.1, 0.15) is 0 Å². The standard InChI is InChI=1S/C28H29N5O4/c34-17-4-12-32-13-15-33(16-14-32)28(36)21-9-8-20(25(19-21)29-27(35)26-7-3-18-37-26)10-11-24-22-5-1-2-6-23(22)30-31-24/h1-3,5-11,18-19,34H,4,12-17H2,(H,29,35)(H,30,31). The van der Waals surface area contributed by atoms with Crippen LogP contribution in [0.4, 0.5) is 5.69 Å². The van der Waals surface area contributed by atoms with Gasteiger partial charge in [-0.1, -0.05) is 30.3 Å². The number of aliphatic hydroxyl groups excluding tert-OH is 1. The molecule has 2 aromatic carbocycles. The largest absolute Gasteiger partial charge is 0.459 e. The van der Waals surface area contributed by atoms with Crippen LogP contribution in [0.1, 0.15) is 38.6 Å². The van der Waals surface area contributed by atoms with Crippen LogP contribution in [0.3, 0.4) is 0 Å². The molecule has 2 amide bonds. The van der Waals surface area contributed by atoms with E-state index in [9.17, 15) is 9.59 Å². The molecule has 5 rings (SSSR count). The van der Waals surface area contributed by atoms with Crippen LogP contribution in [-0.2, 0) is 0 Å². The number of aromatic nitrogens is 2. The summed E-state index contributed by atoms with van der Waals surface area (Å²) in [6.07, 6.45) is 5.92. The zero-order chi connectivity index (χ0) is 25.6. The van der Waals surface area contributed by atoms with Gasteiger partial charge < -0.3 is 19.7 Å². The number of H-pyrrole nitrogens is 1. The first-order chi connectivity index (χ1) is 18.1. The van der Waals surface area contributed by atoms with Crippen LogP contribution >= 0.6 is 0 Å². The normalized spacial score (nSPS) is 14.5. The van der Waals surface area contributed by atoms with E-state index in [2.05, 4.69) is 20.4 Å². The van der Waals surface area contributed by atoms with Gasteiger partial charge in [-0.25, -0.2) is 0 Å². The van der Waals surface area contributed by atoms with Gasteiger partial charge in [-0.2, -0.15) is 5.10 Å². The highest BCUT2D eigenvalue weighted by Gasteiger charge is 2.23. The topological polar surface area (TPSA) is 115 Å². The van der Waals surface area contributed by atoms with Crippen molar-refractivity contribution >= 4 is 40.6 Å². The second-order valence-corrected chi connectivity index (χ2v) is 8.93. The molecule has 0 aliphatic carbocycles. The number of carbonyl (C=O) groups excluding carboxylic acids is 2. The molecule has 0 saturated carbocycles. The predicted octanol–water partition coefficient (Wildman–Crippen LogP) is 3.72. The summed E-state index contributed by atoms with van der Waals surface area (Å²) in [4.78, 5) is 30.1. The number of hydrogen-bond donors (Lipinski definition) is 3. The molecule has 3 N–H and O–H groups in total. The zero-order valence-corrected chi connectivity index (χ0v) is 20.4. The summed E-state index contributed by atoms with van der Waals surface area (Å²) in [5.41, 5.74) is 3.45. The second-order valence-electron chi connectivity index (χ2n) is 8.93. The van der Waals surface area contributed by atoms with Gasteiger partial charge in [0.05, 0.1) is 17.5 Å². The molecular formula is C28H29N5O4. The van der Waals surface area contributed by atoms with Crippen LogP contribution in [0.25, 0.3) is 23.1 Å². The van der Waals surface area contributed by atoms with E-state index in [0.717, 1.165) is 48.2 Å². The molecule has 0 unspecified atom stereocenters. The van der Waals surface area contributed by atoms with Crippen molar-refractivity contribution in [3.05, 3.63) is 83.4 Å². The van der Waals surface area contributed by atoms with Crippen LogP contribution < -0.4 is 5.32 Å². The fourth-order valence-corrected chi connectivity index (χ4v) is 4.47. The lowest BCUT2D eigenvalue weighted by Crippen LogP contribution is -2.48. The lowest BCUT2D eigenvalue weighted by Gasteiger charge is -2.34. The number of aromatic amines is 1. The smallest absolute Gasteiger partial charge is 0.291 e. The number of carbonyl (C=O) groups is 2. The van der Waals surface area contributed by atoms with Crippen LogP contribution in [0.15, 0.2) is 65.3 Å². The van der Waals surface area contributed by atoms with Crippen LogP contribution in [-0.4, -0.2) is 76.2 Å². The van der Waals surface area contributed by atoms with Crippen molar-refractivity contribution in [3.63, 3.8) is 0 Å². The van der Waals surface area contributed by atoms with Gasteiger partial charge in [0.25, 0.3) is 11.8 Å². The Morgan fingerprint density at radius 2 is 1.89 bits per heavy atom. The van der Waals surface area contributed by atoms with E-state index in [-0.39, 0.29) is 18.3 Å². The molecule has 3 heterocycles. The van der Waals surface area contributed by atoms with E-state index in [1.54, 1.807) is 24.3 Å². The van der Waals surface area contributed by atoms with Crippen molar-refractivity contribution in [2.75, 3.05) is 44.6 Å². The fourth-order valence-electron chi connectivity index (χ4n) is 4.47. The highest BCUT2D eigenvalue weighted by Crippen LogP contribution is 2.24. The SMILES string of the molecule is O=C(Nc1cc(C(=O)N2CCN(CCCO)CC2)ccc1C=Cc1n[nH]c2ccccc12)c1ccco1. The first-order valence-corrected chi connectivity index (χ1v) is 12.3. The van der Waals surface area contributed by atoms with Gasteiger partial charge in [0.15, 0.2) is 5.76 Å². The maximum atomic E-state index is 13.3. The fraction of sp³-hybridized carbons (Fsp3) is 0.250. The van der Waals surface area contributed by atoms with Gasteiger partial charge in [0.2, 0.25) is 0 Å². The highest BCUT2D eigenvalue weighted by atomic mass is 16.3. The Bertz CT molecular complexity index is 1400. The first kappa shape index (κ1) is 24.5. The van der Waals surface area contributed by atoms with Crippen LogP contribution in [0.2, 0.25) is 0 Å². The van der Waals surface area contributed by atoms with Gasteiger partial charge >= 0.3 is 0 Å². The summed E-state index contributed by atoms with van der Waals surface area (Å²) < 4.78 is 5.25. The Kier molecular flexibility index (Phi) is 7.43. The predicted molar refractivity (Wildman–Crippen MR) is 142 cm³/mol. The number of anilines is 1. The van der Waals surface area contributed by atoms with E-state index in [0.29, 0.717) is 24.3 Å². The number of para-hydroxylation sites is 1. The number of nitrogens with zero attached hydrogens (tertiary/aromatic N) is 3. The van der Waals surface area contributed by atoms with Crippen LogP contribution in [0, 0.1) is 0 Å². The van der Waals surface area contributed by atoms with Gasteiger partial charge in [-0.05, 0) is 48.4 Å². The molecule has 1 fully saturated rings. The number of benzene rings is 2. The molecule has 1 saturated heterocycles. The number of hydrogen-bond acceptors (Lipinski definition) is 6. The zero-order valence-electron chi connectivity index (χ0n) is 20.4. The van der Waals surface area contributed by atoms with Crippen molar-refractivity contribution in [2.45, 2.75) is 6.42 Å². The summed E-state index contributed by atoms with van der Waals surface area (Å²) >= 11 is 0. The molecule has 4 aromatic rings. The van der Waals surface area contributed by atoms with Crippen LogP contribution in [0.5, 0.6) is 0 Å². The van der Waals surface area contributed by atoms with Crippen molar-refractivity contribution < 1.29 is 19.1 Å². The number of rotatable bonds is 8. The molecule has 9 heteroatoms. The second kappa shape index (κ2) is 11.2. The number of piperazine rings is 1. The molecular weight excluding hydrogens is 470 g/mol. The number of furan rings is 1. The quantitative estimate of drug-likeness (QED) is 0.340. The molecule has 37 heavy (non-hydrogen) atoms. The molecule has 1 aliphatic heterocycles. The van der Waals surface area contributed by atoms with Crippen molar-refractivity contribution in [1.29, 1.82) is 0 Å². The molecule has 0 radical (unpaired) electrons. The average Bonchev–Trinajstić information content (AvgIpc) is 3.62. The lowest BCUT2D eigenvalue weighted by molar-refractivity contribution is 0.0629. The summed E-state index contributed by atoms with van der Waals surface area (Å²) in [6, 6.07) is 16.4. The summed E-state index contributed by atoms with van der Waals surface area (Å²) in [7, 11) is 0. The van der Waals surface area contributed by atoms with E-state index in [4.69, 9.17) is 9.52 Å². The minimum atomic E-state index is -0.396. The summed E-state index contributed by atoms with van der Waals surface area (Å²) in [5, 5.41) is 20.3. The Hall–Kier alpha value is -4.21. The number of fused-ring (bicyclic) bond motifs is 1. The van der Waals surface area contributed by atoms with E-state index < -0.39 is 5.91 Å². The number of nitrogens with one attached hydrogen (secondary N) is 2. The minimum Gasteiger partial charge on any atom is -0.459 e. The lowest BCUT2D eigenvalue weighted by atomic mass is 10.1. The third kappa shape index (κ3) is 5.63. The molecule has 0 atom stereocenters. The maximum absolute atomic E-state index is 13.3. The minimum absolute atomic E-state index is 0.0795. The Balaban J connectivity index is 1.38.